The maximum atomic E-state index is 13.6. The monoisotopic (exact) mass is 346 g/mol. The number of halogens is 2. The van der Waals surface area contributed by atoms with Crippen LogP contribution < -0.4 is 5.46 Å². The van der Waals surface area contributed by atoms with Gasteiger partial charge in [-0.05, 0) is 46.7 Å². The smallest absolute Gasteiger partial charge is 0.405 e. The fraction of sp³-hybridized carbons (Fsp3) is 0.412. The van der Waals surface area contributed by atoms with E-state index in [-0.39, 0.29) is 17.6 Å². The van der Waals surface area contributed by atoms with Gasteiger partial charge < -0.3 is 18.6 Å². The van der Waals surface area contributed by atoms with Gasteiger partial charge in [0.2, 0.25) is 0 Å². The molecule has 1 aromatic rings. The van der Waals surface area contributed by atoms with Crippen LogP contribution in [0.15, 0.2) is 41.1 Å². The van der Waals surface area contributed by atoms with E-state index in [0.717, 1.165) is 22.1 Å². The molecule has 0 aromatic heterocycles. The van der Waals surface area contributed by atoms with Gasteiger partial charge >= 0.3 is 14.2 Å². The lowest BCUT2D eigenvalue weighted by Crippen LogP contribution is -2.34. The fourth-order valence-corrected chi connectivity index (χ4v) is 3.39. The van der Waals surface area contributed by atoms with Crippen LogP contribution >= 0.6 is 0 Å². The molecule has 0 saturated carbocycles. The molecule has 3 aliphatic rings. The van der Waals surface area contributed by atoms with Crippen molar-refractivity contribution in [2.24, 2.45) is 5.92 Å². The number of hydrogen-bond donors (Lipinski definition) is 0. The van der Waals surface area contributed by atoms with Crippen LogP contribution in [-0.4, -0.2) is 34.1 Å². The maximum Gasteiger partial charge on any atom is 0.494 e. The number of allylic oxidation sites excluding steroid dienone is 2. The van der Waals surface area contributed by atoms with Gasteiger partial charge in [0.25, 0.3) is 0 Å². The zero-order chi connectivity index (χ0) is 17.4. The Labute approximate surface area is 146 Å². The topological polar surface area (TPSA) is 36.9 Å². The molecule has 1 atom stereocenters. The van der Waals surface area contributed by atoms with E-state index < -0.39 is 14.2 Å². The lowest BCUT2D eigenvalue weighted by atomic mass is 9.71. The zero-order valence-corrected chi connectivity index (χ0v) is 14.0. The van der Waals surface area contributed by atoms with Gasteiger partial charge in [-0.3, -0.25) is 0 Å². The van der Waals surface area contributed by atoms with Gasteiger partial charge in [0.1, 0.15) is 11.6 Å². The fourth-order valence-electron chi connectivity index (χ4n) is 3.39. The Kier molecular flexibility index (Phi) is 4.77. The van der Waals surface area contributed by atoms with Crippen LogP contribution in [0, 0.1) is 11.7 Å². The first kappa shape index (κ1) is 17.0. The summed E-state index contributed by atoms with van der Waals surface area (Å²) in [6.07, 6.45) is 2.18. The Morgan fingerprint density at radius 1 is 1.12 bits per heavy atom. The van der Waals surface area contributed by atoms with Crippen LogP contribution in [-0.2, 0) is 25.2 Å². The molecule has 0 bridgehead atoms. The third-order valence-electron chi connectivity index (χ3n) is 4.77. The van der Waals surface area contributed by atoms with Crippen molar-refractivity contribution in [3.05, 3.63) is 52.5 Å². The van der Waals surface area contributed by atoms with Gasteiger partial charge in [0.05, 0.1) is 26.4 Å². The van der Waals surface area contributed by atoms with Crippen LogP contribution in [0.5, 0.6) is 0 Å². The van der Waals surface area contributed by atoms with Crippen molar-refractivity contribution < 1.29 is 27.4 Å². The molecule has 0 fully saturated rings. The molecule has 1 aromatic carbocycles. The standard InChI is InChI=1S/C17H18B2F2O4/c1-11-6-16-13(8-17(11)21)10-25-19(16)23-5-4-22-18-15-3-2-14(20)7-12(15)9-24-18/h2-3,7-8,11H,4-6,9-10H2,1H3. The van der Waals surface area contributed by atoms with Gasteiger partial charge in [0, 0.05) is 5.92 Å². The Morgan fingerprint density at radius 2 is 1.88 bits per heavy atom. The van der Waals surface area contributed by atoms with Gasteiger partial charge in [-0.15, -0.1) is 0 Å². The summed E-state index contributed by atoms with van der Waals surface area (Å²) < 4.78 is 49.4. The number of hydrogen-bond acceptors (Lipinski definition) is 4. The van der Waals surface area contributed by atoms with E-state index in [2.05, 4.69) is 0 Å². The molecule has 0 spiro atoms. The van der Waals surface area contributed by atoms with Crippen molar-refractivity contribution in [3.63, 3.8) is 0 Å². The average Bonchev–Trinajstić information content (AvgIpc) is 3.16. The van der Waals surface area contributed by atoms with Crippen molar-refractivity contribution in [3.8, 4) is 0 Å². The summed E-state index contributed by atoms with van der Waals surface area (Å²) >= 11 is 0. The Hall–Kier alpha value is -1.47. The van der Waals surface area contributed by atoms with Gasteiger partial charge in [-0.25, -0.2) is 8.78 Å². The molecule has 2 heterocycles. The van der Waals surface area contributed by atoms with Crippen molar-refractivity contribution >= 4 is 19.7 Å². The summed E-state index contributed by atoms with van der Waals surface area (Å²) in [6, 6.07) is 4.55. The molecule has 1 unspecified atom stereocenters. The predicted octanol–water partition coefficient (Wildman–Crippen LogP) is 2.33. The van der Waals surface area contributed by atoms with E-state index in [1.54, 1.807) is 12.1 Å². The van der Waals surface area contributed by atoms with Crippen molar-refractivity contribution in [2.45, 2.75) is 20.0 Å². The second kappa shape index (κ2) is 7.03. The van der Waals surface area contributed by atoms with E-state index in [9.17, 15) is 8.78 Å². The van der Waals surface area contributed by atoms with Crippen molar-refractivity contribution in [2.75, 3.05) is 19.8 Å². The number of benzene rings is 1. The number of fused-ring (bicyclic) bond motifs is 1. The van der Waals surface area contributed by atoms with E-state index in [0.29, 0.717) is 32.8 Å². The molecule has 2 aliphatic heterocycles. The quantitative estimate of drug-likeness (QED) is 0.606. The van der Waals surface area contributed by atoms with Gasteiger partial charge in [-0.2, -0.15) is 0 Å². The lowest BCUT2D eigenvalue weighted by molar-refractivity contribution is 0.153. The third kappa shape index (κ3) is 3.44. The molecular formula is C17H18B2F2O4. The Balaban J connectivity index is 1.28. The van der Waals surface area contributed by atoms with Gasteiger partial charge in [-0.1, -0.05) is 13.0 Å². The largest absolute Gasteiger partial charge is 0.494 e. The highest BCUT2D eigenvalue weighted by atomic mass is 19.1. The minimum absolute atomic E-state index is 0.0974. The molecule has 1 aliphatic carbocycles. The zero-order valence-electron chi connectivity index (χ0n) is 14.0. The molecule has 4 nitrogen and oxygen atoms in total. The summed E-state index contributed by atoms with van der Waals surface area (Å²) in [5.74, 6) is -0.507. The van der Waals surface area contributed by atoms with E-state index in [1.807, 2.05) is 6.92 Å². The average molecular weight is 346 g/mol. The third-order valence-corrected chi connectivity index (χ3v) is 4.77. The molecule has 0 radical (unpaired) electrons. The lowest BCUT2D eigenvalue weighted by Gasteiger charge is -2.18. The molecule has 25 heavy (non-hydrogen) atoms. The Bertz CT molecular complexity index is 737. The van der Waals surface area contributed by atoms with Crippen molar-refractivity contribution in [1.82, 2.24) is 0 Å². The molecule has 0 saturated heterocycles. The predicted molar refractivity (Wildman–Crippen MR) is 90.2 cm³/mol. The number of rotatable bonds is 5. The van der Waals surface area contributed by atoms with E-state index in [1.165, 1.54) is 12.1 Å². The summed E-state index contributed by atoms with van der Waals surface area (Å²) in [6.45, 7) is 3.23. The van der Waals surface area contributed by atoms with Crippen LogP contribution in [0.2, 0.25) is 0 Å². The molecule has 130 valence electrons. The first-order valence-electron chi connectivity index (χ1n) is 8.45. The highest BCUT2D eigenvalue weighted by Gasteiger charge is 2.37. The Morgan fingerprint density at radius 3 is 2.72 bits per heavy atom. The summed E-state index contributed by atoms with van der Waals surface area (Å²) in [4.78, 5) is 0. The molecule has 8 heteroatoms. The summed E-state index contributed by atoms with van der Waals surface area (Å²) in [5.41, 5.74) is 3.57. The molecular weight excluding hydrogens is 328 g/mol. The second-order valence-electron chi connectivity index (χ2n) is 6.56. The van der Waals surface area contributed by atoms with Crippen LogP contribution in [0.4, 0.5) is 8.78 Å². The summed E-state index contributed by atoms with van der Waals surface area (Å²) in [7, 11) is -0.929. The molecule has 0 N–H and O–H groups in total. The minimum Gasteiger partial charge on any atom is -0.405 e. The maximum absolute atomic E-state index is 13.6. The highest BCUT2D eigenvalue weighted by molar-refractivity contribution is 6.62. The first-order chi connectivity index (χ1) is 12.1. The summed E-state index contributed by atoms with van der Waals surface area (Å²) in [5, 5.41) is 0. The van der Waals surface area contributed by atoms with Crippen LogP contribution in [0.1, 0.15) is 18.9 Å². The van der Waals surface area contributed by atoms with Crippen LogP contribution in [0.25, 0.3) is 0 Å². The van der Waals surface area contributed by atoms with Crippen molar-refractivity contribution in [1.29, 1.82) is 0 Å². The van der Waals surface area contributed by atoms with E-state index in [4.69, 9.17) is 18.6 Å². The van der Waals surface area contributed by atoms with Crippen LogP contribution in [0.3, 0.4) is 0 Å². The SMILES string of the molecule is CC1CC2=C(C=C1F)COB2OCCOB1OCc2cc(F)ccc21. The molecule has 4 rings (SSSR count). The molecule has 0 amide bonds. The van der Waals surface area contributed by atoms with Gasteiger partial charge in [0.15, 0.2) is 0 Å². The van der Waals surface area contributed by atoms with E-state index >= 15 is 0 Å². The second-order valence-corrected chi connectivity index (χ2v) is 6.56. The first-order valence-corrected chi connectivity index (χ1v) is 8.45. The normalized spacial score (nSPS) is 22.4. The minimum atomic E-state index is -0.495. The highest BCUT2D eigenvalue weighted by Crippen LogP contribution is 2.35.